The highest BCUT2D eigenvalue weighted by Crippen LogP contribution is 2.25. The van der Waals surface area contributed by atoms with Crippen molar-refractivity contribution < 1.29 is 26.1 Å². The van der Waals surface area contributed by atoms with Gasteiger partial charge < -0.3 is 0 Å². The summed E-state index contributed by atoms with van der Waals surface area (Å²) < 4.78 is 66.6. The molecule has 0 atom stereocenters. The molecule has 0 bridgehead atoms. The summed E-state index contributed by atoms with van der Waals surface area (Å²) in [6, 6.07) is 3.12. The lowest BCUT2D eigenvalue weighted by Crippen LogP contribution is -2.13. The van der Waals surface area contributed by atoms with Crippen LogP contribution in [0.4, 0.5) is 13.2 Å². The number of benzene rings is 1. The zero-order chi connectivity index (χ0) is 12.6. The number of hydrogen-bond donors (Lipinski definition) is 1. The molecule has 7 heteroatoms. The average Bonchev–Trinajstić information content (AvgIpc) is 2.04. The van der Waals surface area contributed by atoms with Crippen LogP contribution in [0.3, 0.4) is 0 Å². The largest absolute Gasteiger partial charge is 0.393 e. The van der Waals surface area contributed by atoms with Crippen LogP contribution in [0.1, 0.15) is 11.1 Å². The van der Waals surface area contributed by atoms with Crippen molar-refractivity contribution in [3.8, 4) is 0 Å². The molecule has 0 heterocycles. The lowest BCUT2D eigenvalue weighted by atomic mass is 10.1. The summed E-state index contributed by atoms with van der Waals surface area (Å²) in [4.78, 5) is -0.530. The van der Waals surface area contributed by atoms with Gasteiger partial charge in [-0.2, -0.15) is 21.6 Å². The van der Waals surface area contributed by atoms with E-state index in [4.69, 9.17) is 4.55 Å². The van der Waals surface area contributed by atoms with Gasteiger partial charge in [0.15, 0.2) is 0 Å². The molecule has 16 heavy (non-hydrogen) atoms. The second-order valence-electron chi connectivity index (χ2n) is 3.36. The first kappa shape index (κ1) is 13.0. The van der Waals surface area contributed by atoms with E-state index in [0.29, 0.717) is 5.56 Å². The average molecular weight is 254 g/mol. The van der Waals surface area contributed by atoms with Crippen LogP contribution in [0.15, 0.2) is 23.1 Å². The standard InChI is InChI=1S/C9H9F3O3S/c1-6-2-3-8(16(13,14)15)4-7(6)5-9(10,11)12/h2-4H,5H2,1H3,(H,13,14,15). The molecule has 3 nitrogen and oxygen atoms in total. The molecule has 1 aromatic carbocycles. The lowest BCUT2D eigenvalue weighted by molar-refractivity contribution is -0.127. The summed E-state index contributed by atoms with van der Waals surface area (Å²) in [6.07, 6.45) is -5.63. The zero-order valence-electron chi connectivity index (χ0n) is 8.25. The molecule has 90 valence electrons. The number of hydrogen-bond acceptors (Lipinski definition) is 2. The Morgan fingerprint density at radius 3 is 2.31 bits per heavy atom. The molecule has 0 aromatic heterocycles. The smallest absolute Gasteiger partial charge is 0.282 e. The summed E-state index contributed by atoms with van der Waals surface area (Å²) in [5, 5.41) is 0. The SMILES string of the molecule is Cc1ccc(S(=O)(=O)O)cc1CC(F)(F)F. The van der Waals surface area contributed by atoms with E-state index in [1.54, 1.807) is 0 Å². The predicted molar refractivity (Wildman–Crippen MR) is 50.8 cm³/mol. The summed E-state index contributed by atoms with van der Waals surface area (Å²) in [6.45, 7) is 1.44. The van der Waals surface area contributed by atoms with E-state index in [1.807, 2.05) is 0 Å². The fraction of sp³-hybridized carbons (Fsp3) is 0.333. The monoisotopic (exact) mass is 254 g/mol. The minimum Gasteiger partial charge on any atom is -0.282 e. The highest BCUT2D eigenvalue weighted by atomic mass is 32.2. The molecule has 1 rings (SSSR count). The molecule has 0 aliphatic heterocycles. The van der Waals surface area contributed by atoms with Crippen LogP contribution in [0, 0.1) is 6.92 Å². The van der Waals surface area contributed by atoms with Crippen molar-refractivity contribution in [2.45, 2.75) is 24.4 Å². The molecule has 0 unspecified atom stereocenters. The van der Waals surface area contributed by atoms with Gasteiger partial charge in [-0.05, 0) is 30.2 Å². The first-order valence-electron chi connectivity index (χ1n) is 4.23. The van der Waals surface area contributed by atoms with E-state index in [1.165, 1.54) is 13.0 Å². The van der Waals surface area contributed by atoms with E-state index in [-0.39, 0.29) is 5.56 Å². The highest BCUT2D eigenvalue weighted by Gasteiger charge is 2.29. The molecular formula is C9H9F3O3S. The Balaban J connectivity index is 3.20. The van der Waals surface area contributed by atoms with Crippen molar-refractivity contribution in [1.82, 2.24) is 0 Å². The van der Waals surface area contributed by atoms with E-state index >= 15 is 0 Å². The van der Waals surface area contributed by atoms with Crippen molar-refractivity contribution in [3.63, 3.8) is 0 Å². The Labute approximate surface area is 90.7 Å². The van der Waals surface area contributed by atoms with E-state index in [2.05, 4.69) is 0 Å². The molecule has 0 spiro atoms. The van der Waals surface area contributed by atoms with Crippen LogP contribution >= 0.6 is 0 Å². The Morgan fingerprint density at radius 1 is 1.31 bits per heavy atom. The fourth-order valence-corrected chi connectivity index (χ4v) is 1.75. The van der Waals surface area contributed by atoms with Gasteiger partial charge in [-0.3, -0.25) is 4.55 Å². The van der Waals surface area contributed by atoms with Gasteiger partial charge in [-0.25, -0.2) is 0 Å². The van der Waals surface area contributed by atoms with Gasteiger partial charge in [-0.1, -0.05) is 6.07 Å². The molecule has 0 saturated carbocycles. The minimum atomic E-state index is -4.47. The quantitative estimate of drug-likeness (QED) is 0.824. The van der Waals surface area contributed by atoms with Gasteiger partial charge in [-0.15, -0.1) is 0 Å². The first-order chi connectivity index (χ1) is 7.09. The van der Waals surface area contributed by atoms with Crippen LogP contribution in [0.25, 0.3) is 0 Å². The molecular weight excluding hydrogens is 245 g/mol. The first-order valence-corrected chi connectivity index (χ1v) is 5.67. The van der Waals surface area contributed by atoms with Gasteiger partial charge in [0.1, 0.15) is 0 Å². The minimum absolute atomic E-state index is 0.164. The summed E-state index contributed by atoms with van der Waals surface area (Å²) >= 11 is 0. The topological polar surface area (TPSA) is 54.4 Å². The third-order valence-corrected chi connectivity index (χ3v) is 2.86. The molecule has 0 aliphatic carbocycles. The van der Waals surface area contributed by atoms with Gasteiger partial charge in [0.25, 0.3) is 10.1 Å². The summed E-state index contributed by atoms with van der Waals surface area (Å²) in [7, 11) is -4.47. The summed E-state index contributed by atoms with van der Waals surface area (Å²) in [5.41, 5.74) is 0.160. The molecule has 0 radical (unpaired) electrons. The second kappa shape index (κ2) is 4.06. The van der Waals surface area contributed by atoms with Gasteiger partial charge >= 0.3 is 6.18 Å². The zero-order valence-corrected chi connectivity index (χ0v) is 9.06. The van der Waals surface area contributed by atoms with E-state index in [0.717, 1.165) is 12.1 Å². The van der Waals surface area contributed by atoms with E-state index < -0.39 is 27.6 Å². The number of alkyl halides is 3. The van der Waals surface area contributed by atoms with Crippen molar-refractivity contribution in [2.24, 2.45) is 0 Å². The van der Waals surface area contributed by atoms with Crippen molar-refractivity contribution in [2.75, 3.05) is 0 Å². The molecule has 0 aliphatic rings. The lowest BCUT2D eigenvalue weighted by Gasteiger charge is -2.10. The van der Waals surface area contributed by atoms with Crippen molar-refractivity contribution in [3.05, 3.63) is 29.3 Å². The molecule has 1 N–H and O–H groups in total. The Hall–Kier alpha value is -1.08. The maximum atomic E-state index is 12.1. The van der Waals surface area contributed by atoms with Crippen molar-refractivity contribution >= 4 is 10.1 Å². The van der Waals surface area contributed by atoms with Crippen LogP contribution in [0.5, 0.6) is 0 Å². The molecule has 0 fully saturated rings. The van der Waals surface area contributed by atoms with Crippen LogP contribution in [-0.2, 0) is 16.5 Å². The Bertz CT molecular complexity index is 491. The second-order valence-corrected chi connectivity index (χ2v) is 4.78. The number of halogens is 3. The van der Waals surface area contributed by atoms with Crippen molar-refractivity contribution in [1.29, 1.82) is 0 Å². The fourth-order valence-electron chi connectivity index (χ4n) is 1.21. The Morgan fingerprint density at radius 2 is 1.88 bits per heavy atom. The van der Waals surface area contributed by atoms with Gasteiger partial charge in [0.2, 0.25) is 0 Å². The maximum absolute atomic E-state index is 12.1. The molecule has 0 amide bonds. The third kappa shape index (κ3) is 3.49. The van der Waals surface area contributed by atoms with E-state index in [9.17, 15) is 21.6 Å². The normalized spacial score (nSPS) is 12.8. The van der Waals surface area contributed by atoms with Crippen LogP contribution in [-0.4, -0.2) is 19.1 Å². The number of aryl methyl sites for hydroxylation is 1. The highest BCUT2D eigenvalue weighted by molar-refractivity contribution is 7.85. The molecule has 1 aromatic rings. The van der Waals surface area contributed by atoms with Gasteiger partial charge in [0, 0.05) is 0 Å². The number of rotatable bonds is 2. The van der Waals surface area contributed by atoms with Gasteiger partial charge in [0.05, 0.1) is 11.3 Å². The van der Waals surface area contributed by atoms with Crippen LogP contribution in [0.2, 0.25) is 0 Å². The summed E-state index contributed by atoms with van der Waals surface area (Å²) in [5.74, 6) is 0. The predicted octanol–water partition coefficient (Wildman–Crippen LogP) is 2.35. The third-order valence-electron chi connectivity index (χ3n) is 2.01. The molecule has 0 saturated heterocycles. The Kier molecular flexibility index (Phi) is 3.30. The maximum Gasteiger partial charge on any atom is 0.393 e. The van der Waals surface area contributed by atoms with Crippen LogP contribution < -0.4 is 0 Å².